The second-order valence-electron chi connectivity index (χ2n) is 8.18. The molecule has 0 aliphatic carbocycles. The normalized spacial score (nSPS) is 13.8. The first kappa shape index (κ1) is 21.8. The fourth-order valence-corrected chi connectivity index (χ4v) is 3.90. The first-order chi connectivity index (χ1) is 16.5. The molecule has 0 amide bonds. The highest BCUT2D eigenvalue weighted by atomic mass is 16.5. The minimum Gasteiger partial charge on any atom is -0.497 e. The number of ether oxygens (including phenoxy) is 2. The van der Waals surface area contributed by atoms with Crippen LogP contribution < -0.4 is 14.5 Å². The predicted octanol–water partition coefficient (Wildman–Crippen LogP) is 3.51. The van der Waals surface area contributed by atoms with Gasteiger partial charge in [0.25, 0.3) is 0 Å². The van der Waals surface area contributed by atoms with Gasteiger partial charge in [-0.3, -0.25) is 4.79 Å². The number of hydrogen-bond donors (Lipinski definition) is 1. The lowest BCUT2D eigenvalue weighted by atomic mass is 10.1. The largest absolute Gasteiger partial charge is 0.497 e. The molecule has 1 aliphatic heterocycles. The van der Waals surface area contributed by atoms with E-state index < -0.39 is 0 Å². The molecule has 9 heteroatoms. The maximum atomic E-state index is 13.1. The Morgan fingerprint density at radius 3 is 2.41 bits per heavy atom. The van der Waals surface area contributed by atoms with Crippen LogP contribution in [-0.2, 0) is 4.74 Å². The summed E-state index contributed by atoms with van der Waals surface area (Å²) in [5.74, 6) is 2.02. The van der Waals surface area contributed by atoms with Gasteiger partial charge in [0.2, 0.25) is 11.7 Å². The number of nitrogens with one attached hydrogen (secondary N) is 1. The van der Waals surface area contributed by atoms with Crippen molar-refractivity contribution in [2.75, 3.05) is 50.3 Å². The van der Waals surface area contributed by atoms with Gasteiger partial charge in [-0.15, -0.1) is 0 Å². The molecule has 3 heterocycles. The highest BCUT2D eigenvalue weighted by molar-refractivity contribution is 6.08. The number of morpholine rings is 1. The van der Waals surface area contributed by atoms with Crippen LogP contribution in [0.4, 0.5) is 17.5 Å². The average Bonchev–Trinajstić information content (AvgIpc) is 3.32. The van der Waals surface area contributed by atoms with E-state index in [0.717, 1.165) is 17.0 Å². The van der Waals surface area contributed by atoms with Crippen molar-refractivity contribution in [1.82, 2.24) is 19.9 Å². The summed E-state index contributed by atoms with van der Waals surface area (Å²) in [4.78, 5) is 34.5. The number of methoxy groups -OCH3 is 1. The van der Waals surface area contributed by atoms with Crippen molar-refractivity contribution in [2.45, 2.75) is 6.92 Å². The number of ketones is 1. The van der Waals surface area contributed by atoms with Crippen molar-refractivity contribution in [3.63, 3.8) is 0 Å². The number of nitrogens with zero attached hydrogens (tertiary/aromatic N) is 5. The Balaban J connectivity index is 1.58. The number of benzene rings is 2. The van der Waals surface area contributed by atoms with Crippen molar-refractivity contribution in [2.24, 2.45) is 0 Å². The lowest BCUT2D eigenvalue weighted by molar-refractivity contribution is 0.103. The van der Waals surface area contributed by atoms with Gasteiger partial charge in [-0.1, -0.05) is 29.8 Å². The van der Waals surface area contributed by atoms with E-state index in [-0.39, 0.29) is 11.6 Å². The summed E-state index contributed by atoms with van der Waals surface area (Å²) >= 11 is 0. The number of imidazole rings is 1. The van der Waals surface area contributed by atoms with Crippen LogP contribution in [0.15, 0.2) is 48.5 Å². The molecule has 34 heavy (non-hydrogen) atoms. The Bertz CT molecular complexity index is 1310. The molecular weight excluding hydrogens is 432 g/mol. The van der Waals surface area contributed by atoms with Crippen molar-refractivity contribution in [3.05, 3.63) is 65.5 Å². The monoisotopic (exact) mass is 458 g/mol. The number of hydrogen-bond acceptors (Lipinski definition) is 8. The Labute approximate surface area is 197 Å². The molecule has 0 radical (unpaired) electrons. The zero-order valence-corrected chi connectivity index (χ0v) is 19.4. The molecule has 5 rings (SSSR count). The summed E-state index contributed by atoms with van der Waals surface area (Å²) < 4.78 is 10.8. The van der Waals surface area contributed by atoms with Crippen LogP contribution in [-0.4, -0.2) is 66.2 Å². The van der Waals surface area contributed by atoms with Gasteiger partial charge < -0.3 is 24.3 Å². The summed E-state index contributed by atoms with van der Waals surface area (Å²) in [5, 5.41) is 0. The second-order valence-corrected chi connectivity index (χ2v) is 8.18. The van der Waals surface area contributed by atoms with E-state index in [0.29, 0.717) is 54.8 Å². The van der Waals surface area contributed by atoms with Gasteiger partial charge in [-0.2, -0.15) is 9.97 Å². The Morgan fingerprint density at radius 1 is 1.03 bits per heavy atom. The maximum absolute atomic E-state index is 13.1. The van der Waals surface area contributed by atoms with E-state index in [2.05, 4.69) is 14.9 Å². The van der Waals surface area contributed by atoms with Crippen LogP contribution in [0, 0.1) is 6.92 Å². The number of carbonyl (C=O) groups excluding carboxylic acids is 1. The fourth-order valence-electron chi connectivity index (χ4n) is 3.90. The molecule has 0 atom stereocenters. The number of aromatic amines is 1. The third kappa shape index (κ3) is 4.17. The molecular formula is C25H26N6O3. The maximum Gasteiger partial charge on any atom is 0.233 e. The topological polar surface area (TPSA) is 96.5 Å². The molecule has 9 nitrogen and oxygen atoms in total. The third-order valence-electron chi connectivity index (χ3n) is 5.92. The minimum absolute atomic E-state index is 0.184. The summed E-state index contributed by atoms with van der Waals surface area (Å²) in [6, 6.07) is 15.1. The number of rotatable bonds is 6. The van der Waals surface area contributed by atoms with Gasteiger partial charge in [0.05, 0.1) is 20.3 Å². The van der Waals surface area contributed by atoms with Crippen molar-refractivity contribution in [1.29, 1.82) is 0 Å². The van der Waals surface area contributed by atoms with E-state index >= 15 is 0 Å². The lowest BCUT2D eigenvalue weighted by Gasteiger charge is -2.29. The van der Waals surface area contributed by atoms with E-state index in [1.807, 2.05) is 67.4 Å². The predicted molar refractivity (Wildman–Crippen MR) is 130 cm³/mol. The molecule has 1 N–H and O–H groups in total. The average molecular weight is 459 g/mol. The molecule has 0 unspecified atom stereocenters. The SMILES string of the molecule is COc1ccc(N(C)c2nc(N3CCOCC3)c3[nH]c(C(=O)c4ccc(C)cc4)nc3n2)cc1. The molecule has 0 spiro atoms. The van der Waals surface area contributed by atoms with Crippen LogP contribution >= 0.6 is 0 Å². The summed E-state index contributed by atoms with van der Waals surface area (Å²) in [5.41, 5.74) is 3.65. The molecule has 0 bridgehead atoms. The summed E-state index contributed by atoms with van der Waals surface area (Å²) in [6.07, 6.45) is 0. The second kappa shape index (κ2) is 9.11. The highest BCUT2D eigenvalue weighted by Gasteiger charge is 2.23. The Hall–Kier alpha value is -3.98. The highest BCUT2D eigenvalue weighted by Crippen LogP contribution is 2.29. The third-order valence-corrected chi connectivity index (χ3v) is 5.92. The standard InChI is InChI=1S/C25H26N6O3/c1-16-4-6-17(7-5-16)21(32)23-26-20-22(27-23)28-25(29-24(20)31-12-14-34-15-13-31)30(2)18-8-10-19(33-3)11-9-18/h4-11H,12-15H2,1-3H3,(H,26,27,28,29). The molecule has 4 aromatic rings. The first-order valence-corrected chi connectivity index (χ1v) is 11.1. The number of anilines is 3. The van der Waals surface area contributed by atoms with Gasteiger partial charge in [0.1, 0.15) is 11.3 Å². The number of H-pyrrole nitrogens is 1. The molecule has 2 aromatic carbocycles. The van der Waals surface area contributed by atoms with Crippen LogP contribution in [0.5, 0.6) is 5.75 Å². The first-order valence-electron chi connectivity index (χ1n) is 11.1. The fraction of sp³-hybridized carbons (Fsp3) is 0.280. The van der Waals surface area contributed by atoms with Gasteiger partial charge in [0, 0.05) is 31.4 Å². The van der Waals surface area contributed by atoms with Crippen LogP contribution in [0.1, 0.15) is 21.7 Å². The summed E-state index contributed by atoms with van der Waals surface area (Å²) in [6.45, 7) is 4.59. The number of carbonyl (C=O) groups is 1. The zero-order chi connectivity index (χ0) is 23.7. The molecule has 2 aromatic heterocycles. The number of aryl methyl sites for hydroxylation is 1. The number of fused-ring (bicyclic) bond motifs is 1. The van der Waals surface area contributed by atoms with E-state index in [4.69, 9.17) is 19.4 Å². The van der Waals surface area contributed by atoms with E-state index in [1.54, 1.807) is 7.11 Å². The lowest BCUT2D eigenvalue weighted by Crippen LogP contribution is -2.37. The Kier molecular flexibility index (Phi) is 5.85. The molecule has 1 fully saturated rings. The molecule has 174 valence electrons. The van der Waals surface area contributed by atoms with Gasteiger partial charge in [0.15, 0.2) is 17.3 Å². The molecule has 1 saturated heterocycles. The van der Waals surface area contributed by atoms with Crippen molar-refractivity contribution < 1.29 is 14.3 Å². The number of aromatic nitrogens is 4. The van der Waals surface area contributed by atoms with Gasteiger partial charge >= 0.3 is 0 Å². The van der Waals surface area contributed by atoms with E-state index in [9.17, 15) is 4.79 Å². The van der Waals surface area contributed by atoms with Gasteiger partial charge in [-0.25, -0.2) is 4.98 Å². The van der Waals surface area contributed by atoms with Gasteiger partial charge in [-0.05, 0) is 31.2 Å². The van der Waals surface area contributed by atoms with Crippen LogP contribution in [0.25, 0.3) is 11.2 Å². The molecule has 0 saturated carbocycles. The zero-order valence-electron chi connectivity index (χ0n) is 19.4. The van der Waals surface area contributed by atoms with Crippen LogP contribution in [0.2, 0.25) is 0 Å². The van der Waals surface area contributed by atoms with Crippen LogP contribution in [0.3, 0.4) is 0 Å². The smallest absolute Gasteiger partial charge is 0.233 e. The van der Waals surface area contributed by atoms with Crippen molar-refractivity contribution >= 4 is 34.4 Å². The van der Waals surface area contributed by atoms with E-state index in [1.165, 1.54) is 0 Å². The quantitative estimate of drug-likeness (QED) is 0.439. The summed E-state index contributed by atoms with van der Waals surface area (Å²) in [7, 11) is 3.54. The minimum atomic E-state index is -0.184. The molecule has 1 aliphatic rings. The Morgan fingerprint density at radius 2 is 1.74 bits per heavy atom. The van der Waals surface area contributed by atoms with Crippen molar-refractivity contribution in [3.8, 4) is 5.75 Å².